The molecule has 7 atom stereocenters. The Morgan fingerprint density at radius 2 is 1.61 bits per heavy atom. The van der Waals surface area contributed by atoms with E-state index in [1.165, 1.54) is 110 Å². The van der Waals surface area contributed by atoms with Crippen molar-refractivity contribution < 1.29 is 4.39 Å². The van der Waals surface area contributed by atoms with Gasteiger partial charge in [0.15, 0.2) is 0 Å². The molecule has 0 radical (unpaired) electrons. The fourth-order valence-electron chi connectivity index (χ4n) is 10.3. The highest BCUT2D eigenvalue weighted by Gasteiger charge is 2.53. The lowest BCUT2D eigenvalue weighted by atomic mass is 9.69. The highest BCUT2D eigenvalue weighted by molar-refractivity contribution is 5.47. The summed E-state index contributed by atoms with van der Waals surface area (Å²) >= 11 is 0. The second-order valence-corrected chi connectivity index (χ2v) is 17.3. The van der Waals surface area contributed by atoms with Crippen LogP contribution in [0.3, 0.4) is 0 Å². The highest BCUT2D eigenvalue weighted by atomic mass is 19.1. The Balaban J connectivity index is 0.00000220. The molecule has 0 bridgehead atoms. The standard InChI is InChI=1S/C49H62.CH3F/c1-7-40-31-49(32-45(49)27-36(40)6)30-39-12-9-11-37(16-17-39)15-14-35(5)41-20-18-38(19-21-41)28-48-46(43-13-8-10-34(4)26-43)25-23-44-29-42(33(2)3)22-24-47(44)48;1-2/h7-8,10,13,18-22,24,26-27,29,31,33,35,37,39,45-46,48H,1,9,11-12,14-17,23,25,28,30,32H2,2-6H3;1H3. The Bertz CT molecular complexity index is 1690. The summed E-state index contributed by atoms with van der Waals surface area (Å²) in [4.78, 5) is 0. The molecule has 0 N–H and O–H groups in total. The van der Waals surface area contributed by atoms with Crippen LogP contribution in [0.2, 0.25) is 0 Å². The van der Waals surface area contributed by atoms with Gasteiger partial charge >= 0.3 is 0 Å². The largest absolute Gasteiger partial charge is 0.255 e. The molecule has 51 heavy (non-hydrogen) atoms. The van der Waals surface area contributed by atoms with Gasteiger partial charge in [0.1, 0.15) is 0 Å². The molecule has 0 amide bonds. The number of fused-ring (bicyclic) bond motifs is 2. The predicted octanol–water partition coefficient (Wildman–Crippen LogP) is 14.3. The molecule has 4 aliphatic rings. The van der Waals surface area contributed by atoms with Crippen molar-refractivity contribution in [3.8, 4) is 0 Å². The Hall–Kier alpha value is -3.19. The second kappa shape index (κ2) is 16.7. The Kier molecular flexibility index (Phi) is 12.3. The van der Waals surface area contributed by atoms with Crippen molar-refractivity contribution in [3.63, 3.8) is 0 Å². The fraction of sp³-hybridized carbons (Fsp3) is 0.520. The zero-order chi connectivity index (χ0) is 36.1. The van der Waals surface area contributed by atoms with Gasteiger partial charge in [0.05, 0.1) is 7.18 Å². The number of halogens is 1. The van der Waals surface area contributed by atoms with E-state index in [2.05, 4.69) is 126 Å². The fourth-order valence-corrected chi connectivity index (χ4v) is 10.3. The molecule has 0 aromatic heterocycles. The summed E-state index contributed by atoms with van der Waals surface area (Å²) in [5.74, 6) is 4.93. The number of rotatable bonds is 11. The summed E-state index contributed by atoms with van der Waals surface area (Å²) in [6.07, 6.45) is 23.5. The maximum atomic E-state index is 9.50. The van der Waals surface area contributed by atoms with E-state index >= 15 is 0 Å². The van der Waals surface area contributed by atoms with Crippen molar-refractivity contribution in [3.05, 3.63) is 142 Å². The van der Waals surface area contributed by atoms with Crippen molar-refractivity contribution in [1.82, 2.24) is 0 Å². The molecular weight excluding hydrogens is 620 g/mol. The molecule has 272 valence electrons. The lowest BCUT2D eigenvalue weighted by Gasteiger charge is -2.35. The van der Waals surface area contributed by atoms with Gasteiger partial charge in [0.2, 0.25) is 0 Å². The molecule has 0 heterocycles. The molecule has 3 aromatic carbocycles. The molecule has 0 spiro atoms. The molecule has 1 heteroatoms. The van der Waals surface area contributed by atoms with E-state index in [1.807, 2.05) is 0 Å². The molecule has 0 saturated heterocycles. The van der Waals surface area contributed by atoms with Gasteiger partial charge in [0, 0.05) is 0 Å². The number of hydrogen-bond donors (Lipinski definition) is 0. The first-order chi connectivity index (χ1) is 24.7. The lowest BCUT2D eigenvalue weighted by Crippen LogP contribution is -2.21. The van der Waals surface area contributed by atoms with Gasteiger partial charge in [-0.3, -0.25) is 4.39 Å². The maximum absolute atomic E-state index is 9.50. The van der Waals surface area contributed by atoms with Crippen LogP contribution >= 0.6 is 0 Å². The summed E-state index contributed by atoms with van der Waals surface area (Å²) in [5, 5.41) is 0. The van der Waals surface area contributed by atoms with Crippen molar-refractivity contribution in [1.29, 1.82) is 0 Å². The van der Waals surface area contributed by atoms with E-state index < -0.39 is 0 Å². The highest BCUT2D eigenvalue weighted by Crippen LogP contribution is 2.62. The Labute approximate surface area is 310 Å². The zero-order valence-corrected chi connectivity index (χ0v) is 32.7. The summed E-state index contributed by atoms with van der Waals surface area (Å²) < 4.78 is 9.50. The average molecular weight is 685 g/mol. The Morgan fingerprint density at radius 3 is 2.35 bits per heavy atom. The lowest BCUT2D eigenvalue weighted by molar-refractivity contribution is 0.341. The van der Waals surface area contributed by atoms with Crippen molar-refractivity contribution in [2.45, 2.75) is 135 Å². The molecule has 4 aliphatic carbocycles. The van der Waals surface area contributed by atoms with Gasteiger partial charge in [0.25, 0.3) is 0 Å². The van der Waals surface area contributed by atoms with Crippen LogP contribution in [0.25, 0.3) is 0 Å². The van der Waals surface area contributed by atoms with Crippen LogP contribution in [0.4, 0.5) is 4.39 Å². The molecule has 2 fully saturated rings. The van der Waals surface area contributed by atoms with Crippen LogP contribution in [0.1, 0.15) is 155 Å². The molecular formula is C50H65F. The van der Waals surface area contributed by atoms with Crippen LogP contribution in [-0.2, 0) is 12.8 Å². The SMILES string of the molecule is C=CC1=CC2(CC3CCCC(CCC(C)c4ccc(CC5c6ccc(C(C)C)cc6CCC5c5cccc(C)c5)cc4)CC3)CC2C=C1C.CF. The van der Waals surface area contributed by atoms with Crippen LogP contribution in [0, 0.1) is 30.1 Å². The van der Waals surface area contributed by atoms with Crippen molar-refractivity contribution >= 4 is 0 Å². The van der Waals surface area contributed by atoms with Gasteiger partial charge in [-0.2, -0.15) is 0 Å². The third kappa shape index (κ3) is 8.72. The monoisotopic (exact) mass is 685 g/mol. The van der Waals surface area contributed by atoms with E-state index in [-0.39, 0.29) is 0 Å². The van der Waals surface area contributed by atoms with Crippen LogP contribution in [-0.4, -0.2) is 7.18 Å². The first kappa shape index (κ1) is 37.6. The van der Waals surface area contributed by atoms with Crippen molar-refractivity contribution in [2.24, 2.45) is 23.2 Å². The summed E-state index contributed by atoms with van der Waals surface area (Å²) in [7, 11) is 0.500. The minimum Gasteiger partial charge on any atom is -0.255 e. The first-order valence-corrected chi connectivity index (χ1v) is 20.4. The van der Waals surface area contributed by atoms with E-state index in [4.69, 9.17) is 0 Å². The van der Waals surface area contributed by atoms with Gasteiger partial charge in [-0.25, -0.2) is 0 Å². The van der Waals surface area contributed by atoms with Crippen LogP contribution in [0.15, 0.2) is 103 Å². The summed E-state index contributed by atoms with van der Waals surface area (Å²) in [6, 6.07) is 26.6. The van der Waals surface area contributed by atoms with Crippen molar-refractivity contribution in [2.75, 3.05) is 7.18 Å². The molecule has 2 saturated carbocycles. The van der Waals surface area contributed by atoms with E-state index in [0.29, 0.717) is 36.3 Å². The smallest absolute Gasteiger partial charge is 0.0785 e. The minimum atomic E-state index is 0.466. The van der Waals surface area contributed by atoms with Gasteiger partial charge < -0.3 is 0 Å². The number of allylic oxidation sites excluding steroid dienone is 5. The first-order valence-electron chi connectivity index (χ1n) is 20.4. The second-order valence-electron chi connectivity index (χ2n) is 17.3. The predicted molar refractivity (Wildman–Crippen MR) is 218 cm³/mol. The average Bonchev–Trinajstić information content (AvgIpc) is 3.89. The topological polar surface area (TPSA) is 0 Å². The third-order valence-corrected chi connectivity index (χ3v) is 13.6. The van der Waals surface area contributed by atoms with E-state index in [9.17, 15) is 4.39 Å². The van der Waals surface area contributed by atoms with Gasteiger partial charge in [-0.15, -0.1) is 0 Å². The van der Waals surface area contributed by atoms with Gasteiger partial charge in [-0.05, 0) is 150 Å². The number of alkyl halides is 1. The van der Waals surface area contributed by atoms with Crippen LogP contribution in [0.5, 0.6) is 0 Å². The summed E-state index contributed by atoms with van der Waals surface area (Å²) in [5.41, 5.74) is 13.9. The molecule has 3 aromatic rings. The maximum Gasteiger partial charge on any atom is 0.0785 e. The number of benzene rings is 3. The molecule has 0 aliphatic heterocycles. The van der Waals surface area contributed by atoms with Crippen LogP contribution < -0.4 is 0 Å². The number of hydrogen-bond acceptors (Lipinski definition) is 0. The Morgan fingerprint density at radius 1 is 0.863 bits per heavy atom. The molecule has 0 nitrogen and oxygen atoms in total. The third-order valence-electron chi connectivity index (χ3n) is 13.6. The normalized spacial score (nSPS) is 27.5. The van der Waals surface area contributed by atoms with E-state index in [0.717, 1.165) is 24.2 Å². The molecule has 7 rings (SSSR count). The summed E-state index contributed by atoms with van der Waals surface area (Å²) in [6.45, 7) is 15.7. The quantitative estimate of drug-likeness (QED) is 0.176. The molecule has 7 unspecified atom stereocenters. The zero-order valence-electron chi connectivity index (χ0n) is 32.7. The van der Waals surface area contributed by atoms with Gasteiger partial charge in [-0.1, -0.05) is 150 Å². The number of aryl methyl sites for hydroxylation is 2. The van der Waals surface area contributed by atoms with E-state index in [1.54, 1.807) is 11.1 Å². The minimum absolute atomic E-state index is 0.466.